The molecule has 0 bridgehead atoms. The molecule has 1 saturated heterocycles. The Bertz CT molecular complexity index is 893. The smallest absolute Gasteiger partial charge is 0.308 e. The Morgan fingerprint density at radius 2 is 1.52 bits per heavy atom. The maximum atomic E-state index is 12.9. The van der Waals surface area contributed by atoms with Crippen LogP contribution in [0.25, 0.3) is 0 Å². The van der Waals surface area contributed by atoms with Crippen LogP contribution in [0.1, 0.15) is 25.7 Å². The second-order valence-electron chi connectivity index (χ2n) is 6.43. The van der Waals surface area contributed by atoms with Gasteiger partial charge in [0, 0.05) is 29.5 Å². The molecule has 2 aromatic rings. The molecule has 0 spiro atoms. The van der Waals surface area contributed by atoms with Gasteiger partial charge in [-0.15, -0.1) is 0 Å². The van der Waals surface area contributed by atoms with Crippen molar-refractivity contribution in [2.75, 3.05) is 23.7 Å². The van der Waals surface area contributed by atoms with Gasteiger partial charge in [0.15, 0.2) is 0 Å². The van der Waals surface area contributed by atoms with Crippen LogP contribution in [0.5, 0.6) is 0 Å². The second kappa shape index (κ2) is 8.73. The number of hydrogen-bond acceptors (Lipinski definition) is 3. The van der Waals surface area contributed by atoms with E-state index < -0.39 is 16.1 Å². The number of carbonyl (C=O) groups is 1. The summed E-state index contributed by atoms with van der Waals surface area (Å²) in [6.45, 7) is 1.08. The molecule has 144 valence electrons. The molecule has 2 aromatic carbocycles. The van der Waals surface area contributed by atoms with Gasteiger partial charge < -0.3 is 10.6 Å². The van der Waals surface area contributed by atoms with Crippen molar-refractivity contribution < 1.29 is 13.2 Å². The first-order chi connectivity index (χ1) is 12.9. The fraction of sp³-hybridized carbons (Fsp3) is 0.316. The van der Waals surface area contributed by atoms with Crippen molar-refractivity contribution in [1.82, 2.24) is 4.31 Å². The number of nitrogens with one attached hydrogen (secondary N) is 2. The molecule has 0 aliphatic carbocycles. The number of nitrogens with zero attached hydrogens (tertiary/aromatic N) is 1. The third-order valence-corrected chi connectivity index (χ3v) is 6.54. The monoisotopic (exact) mass is 407 g/mol. The number of urea groups is 1. The first kappa shape index (κ1) is 19.7. The molecule has 1 aliphatic heterocycles. The van der Waals surface area contributed by atoms with E-state index in [9.17, 15) is 13.2 Å². The number of carbonyl (C=O) groups excluding carboxylic acids is 1. The van der Waals surface area contributed by atoms with Gasteiger partial charge >= 0.3 is 6.03 Å². The Labute approximate surface area is 164 Å². The van der Waals surface area contributed by atoms with Gasteiger partial charge in [-0.1, -0.05) is 30.5 Å². The van der Waals surface area contributed by atoms with E-state index in [0.29, 0.717) is 29.5 Å². The largest absolute Gasteiger partial charge is 0.323 e. The van der Waals surface area contributed by atoms with Crippen LogP contribution in [0.15, 0.2) is 53.4 Å². The van der Waals surface area contributed by atoms with Crippen LogP contribution in [0.3, 0.4) is 0 Å². The number of hydrogen-bond donors (Lipinski definition) is 2. The lowest BCUT2D eigenvalue weighted by Crippen LogP contribution is -2.32. The quantitative estimate of drug-likeness (QED) is 0.780. The summed E-state index contributed by atoms with van der Waals surface area (Å²) in [7, 11) is -3.56. The van der Waals surface area contributed by atoms with Crippen LogP contribution in [-0.2, 0) is 10.0 Å². The van der Waals surface area contributed by atoms with Gasteiger partial charge in [0.1, 0.15) is 0 Å². The number of amides is 2. The average Bonchev–Trinajstić information content (AvgIpc) is 2.94. The van der Waals surface area contributed by atoms with Gasteiger partial charge in [-0.25, -0.2) is 13.2 Å². The molecule has 0 radical (unpaired) electrons. The zero-order chi connectivity index (χ0) is 19.3. The minimum atomic E-state index is -3.56. The average molecular weight is 408 g/mol. The molecule has 2 amide bonds. The van der Waals surface area contributed by atoms with Crippen LogP contribution in [0, 0.1) is 0 Å². The van der Waals surface area contributed by atoms with Crippen molar-refractivity contribution in [2.24, 2.45) is 0 Å². The van der Waals surface area contributed by atoms with E-state index in [1.807, 2.05) is 0 Å². The van der Waals surface area contributed by atoms with Crippen molar-refractivity contribution in [3.05, 3.63) is 53.6 Å². The summed E-state index contributed by atoms with van der Waals surface area (Å²) in [4.78, 5) is 12.3. The van der Waals surface area contributed by atoms with Crippen LogP contribution in [-0.4, -0.2) is 31.8 Å². The zero-order valence-electron chi connectivity index (χ0n) is 14.8. The van der Waals surface area contributed by atoms with E-state index in [4.69, 9.17) is 11.6 Å². The van der Waals surface area contributed by atoms with Gasteiger partial charge in [-0.05, 0) is 55.3 Å². The Balaban J connectivity index is 1.71. The molecule has 1 fully saturated rings. The Morgan fingerprint density at radius 3 is 2.19 bits per heavy atom. The molecule has 3 rings (SSSR count). The molecular formula is C19H22ClN3O3S. The summed E-state index contributed by atoms with van der Waals surface area (Å²) < 4.78 is 27.3. The van der Waals surface area contributed by atoms with Crippen molar-refractivity contribution in [3.63, 3.8) is 0 Å². The molecule has 6 nitrogen and oxygen atoms in total. The number of rotatable bonds is 4. The highest BCUT2D eigenvalue weighted by molar-refractivity contribution is 7.89. The summed E-state index contributed by atoms with van der Waals surface area (Å²) >= 11 is 5.82. The SMILES string of the molecule is O=C(Nc1ccc(Cl)cc1)Nc1cccc(S(=O)(=O)N2CCCCCC2)c1. The van der Waals surface area contributed by atoms with Crippen molar-refractivity contribution in [1.29, 1.82) is 0 Å². The molecule has 0 aromatic heterocycles. The normalized spacial score (nSPS) is 15.7. The fourth-order valence-electron chi connectivity index (χ4n) is 2.99. The Kier molecular flexibility index (Phi) is 6.36. The Hall–Kier alpha value is -2.09. The lowest BCUT2D eigenvalue weighted by atomic mass is 10.2. The fourth-order valence-corrected chi connectivity index (χ4v) is 4.68. The lowest BCUT2D eigenvalue weighted by Gasteiger charge is -2.20. The molecule has 2 N–H and O–H groups in total. The van der Waals surface area contributed by atoms with Crippen LogP contribution < -0.4 is 10.6 Å². The second-order valence-corrected chi connectivity index (χ2v) is 8.81. The maximum Gasteiger partial charge on any atom is 0.323 e. The standard InChI is InChI=1S/C19H22ClN3O3S/c20-15-8-10-16(11-9-15)21-19(24)22-17-6-5-7-18(14-17)27(25,26)23-12-3-1-2-4-13-23/h5-11,14H,1-4,12-13H2,(H2,21,22,24). The highest BCUT2D eigenvalue weighted by Gasteiger charge is 2.25. The van der Waals surface area contributed by atoms with Gasteiger partial charge in [0.2, 0.25) is 10.0 Å². The van der Waals surface area contributed by atoms with E-state index in [-0.39, 0.29) is 4.90 Å². The van der Waals surface area contributed by atoms with E-state index in [2.05, 4.69) is 10.6 Å². The van der Waals surface area contributed by atoms with E-state index in [0.717, 1.165) is 25.7 Å². The van der Waals surface area contributed by atoms with Crippen molar-refractivity contribution in [3.8, 4) is 0 Å². The predicted octanol–water partition coefficient (Wildman–Crippen LogP) is 4.55. The summed E-state index contributed by atoms with van der Waals surface area (Å²) in [5.41, 5.74) is 1.00. The number of anilines is 2. The maximum absolute atomic E-state index is 12.9. The molecule has 1 heterocycles. The third-order valence-electron chi connectivity index (χ3n) is 4.40. The van der Waals surface area contributed by atoms with Gasteiger partial charge in [-0.2, -0.15) is 4.31 Å². The van der Waals surface area contributed by atoms with Crippen LogP contribution in [0.4, 0.5) is 16.2 Å². The molecule has 0 atom stereocenters. The highest BCUT2D eigenvalue weighted by Crippen LogP contribution is 2.23. The van der Waals surface area contributed by atoms with Crippen LogP contribution in [0.2, 0.25) is 5.02 Å². The number of benzene rings is 2. The number of sulfonamides is 1. The van der Waals surface area contributed by atoms with E-state index in [1.165, 1.54) is 10.4 Å². The summed E-state index contributed by atoms with van der Waals surface area (Å²) in [6, 6.07) is 12.6. The summed E-state index contributed by atoms with van der Waals surface area (Å²) in [6.07, 6.45) is 3.86. The highest BCUT2D eigenvalue weighted by atomic mass is 35.5. The first-order valence-electron chi connectivity index (χ1n) is 8.89. The lowest BCUT2D eigenvalue weighted by molar-refractivity contribution is 0.262. The molecule has 0 unspecified atom stereocenters. The van der Waals surface area contributed by atoms with E-state index in [1.54, 1.807) is 42.5 Å². The first-order valence-corrected chi connectivity index (χ1v) is 10.7. The number of halogens is 1. The van der Waals surface area contributed by atoms with Gasteiger partial charge in [-0.3, -0.25) is 0 Å². The Morgan fingerprint density at radius 1 is 0.889 bits per heavy atom. The van der Waals surface area contributed by atoms with Crippen molar-refractivity contribution >= 4 is 39.0 Å². The van der Waals surface area contributed by atoms with Crippen molar-refractivity contribution in [2.45, 2.75) is 30.6 Å². The molecule has 27 heavy (non-hydrogen) atoms. The topological polar surface area (TPSA) is 78.5 Å². The molecular weight excluding hydrogens is 386 g/mol. The predicted molar refractivity (Wildman–Crippen MR) is 108 cm³/mol. The third kappa shape index (κ3) is 5.22. The molecule has 8 heteroatoms. The minimum absolute atomic E-state index is 0.189. The molecule has 0 saturated carbocycles. The summed E-state index contributed by atoms with van der Waals surface area (Å²) in [5, 5.41) is 5.92. The molecule has 1 aliphatic rings. The zero-order valence-corrected chi connectivity index (χ0v) is 16.4. The van der Waals surface area contributed by atoms with Gasteiger partial charge in [0.05, 0.1) is 4.90 Å². The van der Waals surface area contributed by atoms with E-state index >= 15 is 0 Å². The minimum Gasteiger partial charge on any atom is -0.308 e. The van der Waals surface area contributed by atoms with Crippen LogP contribution >= 0.6 is 11.6 Å². The summed E-state index contributed by atoms with van der Waals surface area (Å²) in [5.74, 6) is 0. The van der Waals surface area contributed by atoms with Gasteiger partial charge in [0.25, 0.3) is 0 Å².